The van der Waals surface area contributed by atoms with Crippen molar-refractivity contribution in [3.8, 4) is 5.75 Å². The molecule has 0 radical (unpaired) electrons. The minimum Gasteiger partial charge on any atom is -0.491 e. The molecule has 114 valence electrons. The zero-order valence-electron chi connectivity index (χ0n) is 11.5. The lowest BCUT2D eigenvalue weighted by molar-refractivity contribution is 0.0542. The Labute approximate surface area is 161 Å². The van der Waals surface area contributed by atoms with Crippen molar-refractivity contribution in [1.29, 1.82) is 0 Å². The van der Waals surface area contributed by atoms with Crippen molar-refractivity contribution in [3.05, 3.63) is 28.8 Å². The molecular weight excluding hydrogens is 597 g/mol. The highest BCUT2D eigenvalue weighted by Crippen LogP contribution is 2.30. The van der Waals surface area contributed by atoms with E-state index in [0.29, 0.717) is 26.4 Å². The third-order valence-electron chi connectivity index (χ3n) is 2.65. The highest BCUT2D eigenvalue weighted by molar-refractivity contribution is 14.1. The van der Waals surface area contributed by atoms with Crippen LogP contribution in [0.4, 0.5) is 0 Å². The Balaban J connectivity index is 2.63. The van der Waals surface area contributed by atoms with Gasteiger partial charge in [-0.25, -0.2) is 0 Å². The zero-order chi connectivity index (χ0) is 14.8. The Morgan fingerprint density at radius 2 is 1.45 bits per heavy atom. The topological polar surface area (TPSA) is 27.7 Å². The molecule has 0 N–H and O–H groups in total. The molecule has 0 saturated heterocycles. The van der Waals surface area contributed by atoms with Gasteiger partial charge in [0.05, 0.1) is 19.8 Å². The second-order valence-corrected chi connectivity index (χ2v) is 6.39. The van der Waals surface area contributed by atoms with Crippen molar-refractivity contribution in [1.82, 2.24) is 0 Å². The third-order valence-corrected chi connectivity index (χ3v) is 5.18. The van der Waals surface area contributed by atoms with E-state index in [1.807, 2.05) is 0 Å². The van der Waals surface area contributed by atoms with Crippen LogP contribution in [0.3, 0.4) is 0 Å². The maximum absolute atomic E-state index is 5.95. The van der Waals surface area contributed by atoms with E-state index in [9.17, 15) is 0 Å². The summed E-state index contributed by atoms with van der Waals surface area (Å²) in [4.78, 5) is 0. The Morgan fingerprint density at radius 3 is 1.95 bits per heavy atom. The maximum atomic E-state index is 5.95. The fourth-order valence-corrected chi connectivity index (χ4v) is 3.31. The van der Waals surface area contributed by atoms with Gasteiger partial charge in [-0.1, -0.05) is 79.9 Å². The molecule has 0 aliphatic carbocycles. The second kappa shape index (κ2) is 11.7. The summed E-state index contributed by atoms with van der Waals surface area (Å²) in [5.74, 6) is 1.04. The molecule has 1 rings (SSSR count). The van der Waals surface area contributed by atoms with Crippen molar-refractivity contribution in [2.75, 3.05) is 33.5 Å². The van der Waals surface area contributed by atoms with Gasteiger partial charge in [-0.3, -0.25) is 0 Å². The van der Waals surface area contributed by atoms with E-state index >= 15 is 0 Å². The molecule has 0 amide bonds. The minimum atomic E-state index is 0.584. The van der Waals surface area contributed by atoms with Crippen LogP contribution in [0.15, 0.2) is 12.1 Å². The number of alkyl halides is 3. The van der Waals surface area contributed by atoms with Gasteiger partial charge in [0, 0.05) is 31.5 Å². The van der Waals surface area contributed by atoms with Gasteiger partial charge in [0.2, 0.25) is 0 Å². The first-order chi connectivity index (χ1) is 9.76. The van der Waals surface area contributed by atoms with Crippen LogP contribution in [-0.2, 0) is 22.8 Å². The van der Waals surface area contributed by atoms with Crippen LogP contribution in [0, 0.1) is 0 Å². The van der Waals surface area contributed by atoms with Gasteiger partial charge < -0.3 is 14.2 Å². The molecule has 0 atom stereocenters. The third kappa shape index (κ3) is 6.49. The molecular formula is C14H19I3O3. The fraction of sp³-hybridized carbons (Fsp3) is 0.571. The Hall–Kier alpha value is 1.13. The molecule has 0 spiro atoms. The van der Waals surface area contributed by atoms with E-state index in [1.165, 1.54) is 16.7 Å². The number of methoxy groups -OCH3 is 1. The van der Waals surface area contributed by atoms with Gasteiger partial charge in [-0.05, 0) is 5.56 Å². The molecule has 0 heterocycles. The van der Waals surface area contributed by atoms with Crippen LogP contribution in [-0.4, -0.2) is 33.5 Å². The van der Waals surface area contributed by atoms with Crippen LogP contribution >= 0.6 is 67.8 Å². The van der Waals surface area contributed by atoms with Crippen molar-refractivity contribution in [2.24, 2.45) is 0 Å². The standard InChI is InChI=1S/C14H19I3O3/c1-18-2-3-19-4-5-20-14-12(9-16)6-11(8-15)7-13(14)10-17/h6-7H,2-5,8-10H2,1H3. The highest BCUT2D eigenvalue weighted by atomic mass is 127. The van der Waals surface area contributed by atoms with Crippen LogP contribution in [0.1, 0.15) is 16.7 Å². The monoisotopic (exact) mass is 616 g/mol. The quantitative estimate of drug-likeness (QED) is 0.220. The lowest BCUT2D eigenvalue weighted by atomic mass is 10.1. The maximum Gasteiger partial charge on any atom is 0.127 e. The zero-order valence-corrected chi connectivity index (χ0v) is 17.9. The van der Waals surface area contributed by atoms with Gasteiger partial charge in [-0.2, -0.15) is 0 Å². The van der Waals surface area contributed by atoms with E-state index in [0.717, 1.165) is 19.0 Å². The molecule has 0 bridgehead atoms. The predicted octanol–water partition coefficient (Wildman–Crippen LogP) is 4.53. The number of ether oxygens (including phenoxy) is 3. The average Bonchev–Trinajstić information content (AvgIpc) is 2.50. The average molecular weight is 616 g/mol. The summed E-state index contributed by atoms with van der Waals surface area (Å²) in [5, 5.41) is 0. The van der Waals surface area contributed by atoms with Gasteiger partial charge in [0.15, 0.2) is 0 Å². The Morgan fingerprint density at radius 1 is 0.850 bits per heavy atom. The molecule has 1 aromatic rings. The Kier molecular flexibility index (Phi) is 11.2. The summed E-state index contributed by atoms with van der Waals surface area (Å²) >= 11 is 7.18. The van der Waals surface area contributed by atoms with E-state index < -0.39 is 0 Å². The van der Waals surface area contributed by atoms with Gasteiger partial charge in [0.1, 0.15) is 12.4 Å². The molecule has 0 aliphatic heterocycles. The van der Waals surface area contributed by atoms with E-state index in [1.54, 1.807) is 7.11 Å². The summed E-state index contributed by atoms with van der Waals surface area (Å²) in [5.41, 5.74) is 3.93. The number of halogens is 3. The Bertz CT molecular complexity index is 374. The molecule has 0 fully saturated rings. The first-order valence-corrected chi connectivity index (χ1v) is 10.9. The first-order valence-electron chi connectivity index (χ1n) is 6.28. The van der Waals surface area contributed by atoms with Crippen LogP contribution in [0.5, 0.6) is 5.75 Å². The first kappa shape index (κ1) is 19.2. The molecule has 6 heteroatoms. The van der Waals surface area contributed by atoms with Crippen molar-refractivity contribution < 1.29 is 14.2 Å². The molecule has 0 aromatic heterocycles. The molecule has 3 nitrogen and oxygen atoms in total. The van der Waals surface area contributed by atoms with Crippen molar-refractivity contribution in [2.45, 2.75) is 13.3 Å². The van der Waals surface area contributed by atoms with Crippen LogP contribution < -0.4 is 4.74 Å². The lowest BCUT2D eigenvalue weighted by Gasteiger charge is -2.15. The van der Waals surface area contributed by atoms with Crippen LogP contribution in [0.25, 0.3) is 0 Å². The summed E-state index contributed by atoms with van der Waals surface area (Å²) < 4.78 is 19.3. The second-order valence-electron chi connectivity index (χ2n) is 4.10. The summed E-state index contributed by atoms with van der Waals surface area (Å²) in [6, 6.07) is 4.49. The van der Waals surface area contributed by atoms with Crippen LogP contribution in [0.2, 0.25) is 0 Å². The highest BCUT2D eigenvalue weighted by Gasteiger charge is 2.11. The number of hydrogen-bond acceptors (Lipinski definition) is 3. The normalized spacial score (nSPS) is 10.8. The smallest absolute Gasteiger partial charge is 0.127 e. The van der Waals surface area contributed by atoms with Gasteiger partial charge in [-0.15, -0.1) is 0 Å². The minimum absolute atomic E-state index is 0.584. The summed E-state index contributed by atoms with van der Waals surface area (Å²) in [6.07, 6.45) is 0. The van der Waals surface area contributed by atoms with Crippen molar-refractivity contribution >= 4 is 67.8 Å². The predicted molar refractivity (Wildman–Crippen MR) is 108 cm³/mol. The largest absolute Gasteiger partial charge is 0.491 e. The number of hydrogen-bond donors (Lipinski definition) is 0. The summed E-state index contributed by atoms with van der Waals surface area (Å²) in [7, 11) is 1.67. The molecule has 0 saturated carbocycles. The van der Waals surface area contributed by atoms with Gasteiger partial charge in [0.25, 0.3) is 0 Å². The van der Waals surface area contributed by atoms with E-state index in [4.69, 9.17) is 14.2 Å². The van der Waals surface area contributed by atoms with Gasteiger partial charge >= 0.3 is 0 Å². The van der Waals surface area contributed by atoms with E-state index in [-0.39, 0.29) is 0 Å². The SMILES string of the molecule is COCCOCCOc1c(CI)cc(CI)cc1CI. The molecule has 0 aliphatic rings. The number of benzene rings is 1. The van der Waals surface area contributed by atoms with E-state index in [2.05, 4.69) is 79.9 Å². The molecule has 0 unspecified atom stereocenters. The fourth-order valence-electron chi connectivity index (χ4n) is 1.73. The lowest BCUT2D eigenvalue weighted by Crippen LogP contribution is -2.11. The van der Waals surface area contributed by atoms with Crippen molar-refractivity contribution in [3.63, 3.8) is 0 Å². The molecule has 1 aromatic carbocycles. The number of rotatable bonds is 10. The summed E-state index contributed by atoms with van der Waals surface area (Å²) in [6.45, 7) is 2.42. The molecule has 20 heavy (non-hydrogen) atoms.